The van der Waals surface area contributed by atoms with Crippen LogP contribution in [0.5, 0.6) is 0 Å². The normalized spacial score (nSPS) is 15.7. The third-order valence-corrected chi connectivity index (χ3v) is 5.06. The molecule has 1 aromatic carbocycles. The van der Waals surface area contributed by atoms with Crippen LogP contribution in [-0.2, 0) is 4.74 Å². The standard InChI is InChI=1S/C21H22FN3O3/c1-14-12-17-16(4-3-5-20(17)27-14)15(2)28-21(26)25-10-8-24(9-11-25)19-6-7-23-13-18(19)22/h3-7,12-13,15H,8-11H2,1-2H3/t15-/m1/s1. The van der Waals surface area contributed by atoms with Crippen LogP contribution in [-0.4, -0.2) is 42.2 Å². The first kappa shape index (κ1) is 18.3. The molecule has 0 spiro atoms. The highest BCUT2D eigenvalue weighted by molar-refractivity contribution is 5.82. The highest BCUT2D eigenvalue weighted by Gasteiger charge is 2.25. The first-order valence-corrected chi connectivity index (χ1v) is 9.32. The molecular weight excluding hydrogens is 361 g/mol. The molecule has 1 aliphatic rings. The Hall–Kier alpha value is -3.09. The van der Waals surface area contributed by atoms with E-state index in [0.717, 1.165) is 22.3 Å². The number of rotatable bonds is 3. The van der Waals surface area contributed by atoms with E-state index in [4.69, 9.17) is 9.15 Å². The number of piperazine rings is 1. The Balaban J connectivity index is 1.40. The highest BCUT2D eigenvalue weighted by atomic mass is 19.1. The zero-order valence-electron chi connectivity index (χ0n) is 15.9. The third-order valence-electron chi connectivity index (χ3n) is 5.06. The monoisotopic (exact) mass is 383 g/mol. The summed E-state index contributed by atoms with van der Waals surface area (Å²) in [6.07, 6.45) is 2.01. The van der Waals surface area contributed by atoms with Crippen LogP contribution in [0.4, 0.5) is 14.9 Å². The number of carbonyl (C=O) groups excluding carboxylic acids is 1. The number of anilines is 1. The molecule has 0 saturated carbocycles. The van der Waals surface area contributed by atoms with E-state index in [2.05, 4.69) is 4.98 Å². The molecule has 3 heterocycles. The highest BCUT2D eigenvalue weighted by Crippen LogP contribution is 2.29. The lowest BCUT2D eigenvalue weighted by molar-refractivity contribution is 0.0685. The van der Waals surface area contributed by atoms with Crippen molar-refractivity contribution in [1.29, 1.82) is 0 Å². The Morgan fingerprint density at radius 3 is 2.79 bits per heavy atom. The summed E-state index contributed by atoms with van der Waals surface area (Å²) >= 11 is 0. The molecule has 0 N–H and O–H groups in total. The van der Waals surface area contributed by atoms with Crippen LogP contribution in [0.15, 0.2) is 47.1 Å². The molecule has 146 valence electrons. The van der Waals surface area contributed by atoms with Crippen molar-refractivity contribution in [1.82, 2.24) is 9.88 Å². The van der Waals surface area contributed by atoms with Crippen molar-refractivity contribution in [3.63, 3.8) is 0 Å². The molecule has 1 saturated heterocycles. The van der Waals surface area contributed by atoms with E-state index >= 15 is 0 Å². The molecule has 1 aliphatic heterocycles. The smallest absolute Gasteiger partial charge is 0.410 e. The number of nitrogens with zero attached hydrogens (tertiary/aromatic N) is 3. The maximum atomic E-state index is 13.9. The minimum absolute atomic E-state index is 0.351. The molecule has 4 rings (SSSR count). The summed E-state index contributed by atoms with van der Waals surface area (Å²) in [4.78, 5) is 20.0. The van der Waals surface area contributed by atoms with Gasteiger partial charge in [0.2, 0.25) is 0 Å². The quantitative estimate of drug-likeness (QED) is 0.675. The summed E-state index contributed by atoms with van der Waals surface area (Å²) in [5.41, 5.74) is 2.21. The largest absolute Gasteiger partial charge is 0.461 e. The van der Waals surface area contributed by atoms with Gasteiger partial charge in [0.05, 0.1) is 11.9 Å². The van der Waals surface area contributed by atoms with Crippen molar-refractivity contribution in [3.05, 3.63) is 59.9 Å². The second-order valence-electron chi connectivity index (χ2n) is 6.94. The number of benzene rings is 1. The fourth-order valence-corrected chi connectivity index (χ4v) is 3.61. The van der Waals surface area contributed by atoms with E-state index in [-0.39, 0.29) is 11.9 Å². The number of amides is 1. The van der Waals surface area contributed by atoms with Crippen LogP contribution in [0, 0.1) is 12.7 Å². The summed E-state index contributed by atoms with van der Waals surface area (Å²) in [6, 6.07) is 9.35. The van der Waals surface area contributed by atoms with Crippen LogP contribution in [0.1, 0.15) is 24.4 Å². The van der Waals surface area contributed by atoms with Crippen molar-refractivity contribution in [2.45, 2.75) is 20.0 Å². The van der Waals surface area contributed by atoms with Gasteiger partial charge in [-0.1, -0.05) is 12.1 Å². The molecule has 1 atom stereocenters. The Morgan fingerprint density at radius 1 is 1.25 bits per heavy atom. The number of carbonyl (C=O) groups is 1. The van der Waals surface area contributed by atoms with Crippen LogP contribution in [0.25, 0.3) is 11.0 Å². The zero-order chi connectivity index (χ0) is 19.7. The summed E-state index contributed by atoms with van der Waals surface area (Å²) < 4.78 is 25.3. The fourth-order valence-electron chi connectivity index (χ4n) is 3.61. The number of fused-ring (bicyclic) bond motifs is 1. The van der Waals surface area contributed by atoms with Gasteiger partial charge in [-0.3, -0.25) is 4.98 Å². The van der Waals surface area contributed by atoms with Gasteiger partial charge in [0.15, 0.2) is 5.82 Å². The Morgan fingerprint density at radius 2 is 2.04 bits per heavy atom. The molecule has 1 amide bonds. The number of aryl methyl sites for hydroxylation is 1. The minimum atomic E-state index is -0.399. The van der Waals surface area contributed by atoms with Crippen LogP contribution in [0.2, 0.25) is 0 Å². The molecule has 1 fully saturated rings. The predicted molar refractivity (Wildman–Crippen MR) is 104 cm³/mol. The molecule has 0 bridgehead atoms. The first-order chi connectivity index (χ1) is 13.5. The average Bonchev–Trinajstić information content (AvgIpc) is 3.08. The van der Waals surface area contributed by atoms with Gasteiger partial charge >= 0.3 is 6.09 Å². The molecule has 7 heteroatoms. The predicted octanol–water partition coefficient (Wildman–Crippen LogP) is 4.30. The molecule has 3 aromatic rings. The lowest BCUT2D eigenvalue weighted by Gasteiger charge is -2.36. The van der Waals surface area contributed by atoms with Gasteiger partial charge in [-0.25, -0.2) is 9.18 Å². The van der Waals surface area contributed by atoms with Gasteiger partial charge in [-0.2, -0.15) is 0 Å². The first-order valence-electron chi connectivity index (χ1n) is 9.32. The van der Waals surface area contributed by atoms with Gasteiger partial charge < -0.3 is 19.0 Å². The Bertz CT molecular complexity index is 995. The molecule has 0 radical (unpaired) electrons. The van der Waals surface area contributed by atoms with Gasteiger partial charge in [0.1, 0.15) is 17.4 Å². The van der Waals surface area contributed by atoms with Crippen LogP contribution < -0.4 is 4.90 Å². The Labute approximate surface area is 162 Å². The van der Waals surface area contributed by atoms with E-state index in [1.165, 1.54) is 6.20 Å². The maximum Gasteiger partial charge on any atom is 0.410 e. The Kier molecular flexibility index (Phi) is 4.90. The lowest BCUT2D eigenvalue weighted by Crippen LogP contribution is -2.49. The average molecular weight is 383 g/mol. The van der Waals surface area contributed by atoms with E-state index in [0.29, 0.717) is 31.9 Å². The minimum Gasteiger partial charge on any atom is -0.461 e. The molecular formula is C21H22FN3O3. The second-order valence-corrected chi connectivity index (χ2v) is 6.94. The number of hydrogen-bond donors (Lipinski definition) is 0. The molecule has 28 heavy (non-hydrogen) atoms. The van der Waals surface area contributed by atoms with Crippen molar-refractivity contribution in [2.24, 2.45) is 0 Å². The lowest BCUT2D eigenvalue weighted by atomic mass is 10.1. The van der Waals surface area contributed by atoms with Crippen LogP contribution in [0.3, 0.4) is 0 Å². The van der Waals surface area contributed by atoms with Gasteiger partial charge in [-0.15, -0.1) is 0 Å². The molecule has 6 nitrogen and oxygen atoms in total. The fraction of sp³-hybridized carbons (Fsp3) is 0.333. The number of aromatic nitrogens is 1. The van der Waals surface area contributed by atoms with Crippen LogP contribution >= 0.6 is 0 Å². The van der Waals surface area contributed by atoms with Gasteiger partial charge in [0.25, 0.3) is 0 Å². The summed E-state index contributed by atoms with van der Waals surface area (Å²) in [7, 11) is 0. The number of halogens is 1. The van der Waals surface area contributed by atoms with Crippen molar-refractivity contribution in [2.75, 3.05) is 31.1 Å². The SMILES string of the molecule is Cc1cc2c([C@@H](C)OC(=O)N3CCN(c4ccncc4F)CC3)cccc2o1. The summed E-state index contributed by atoms with van der Waals surface area (Å²) in [5, 5.41) is 0.957. The maximum absolute atomic E-state index is 13.9. The number of furan rings is 1. The summed E-state index contributed by atoms with van der Waals surface area (Å²) in [5.74, 6) is 0.469. The van der Waals surface area contributed by atoms with Crippen molar-refractivity contribution < 1.29 is 18.3 Å². The molecule has 2 aromatic heterocycles. The van der Waals surface area contributed by atoms with Crippen molar-refractivity contribution in [3.8, 4) is 0 Å². The van der Waals surface area contributed by atoms with E-state index < -0.39 is 6.10 Å². The molecule has 0 unspecified atom stereocenters. The number of hydrogen-bond acceptors (Lipinski definition) is 5. The van der Waals surface area contributed by atoms with E-state index in [1.54, 1.807) is 17.2 Å². The third kappa shape index (κ3) is 3.52. The zero-order valence-corrected chi connectivity index (χ0v) is 15.9. The molecule has 0 aliphatic carbocycles. The number of pyridine rings is 1. The van der Waals surface area contributed by atoms with E-state index in [9.17, 15) is 9.18 Å². The van der Waals surface area contributed by atoms with Crippen molar-refractivity contribution >= 4 is 22.7 Å². The van der Waals surface area contributed by atoms with Gasteiger partial charge in [-0.05, 0) is 32.0 Å². The summed E-state index contributed by atoms with van der Waals surface area (Å²) in [6.45, 7) is 5.79. The number of ether oxygens (including phenoxy) is 1. The van der Waals surface area contributed by atoms with E-state index in [1.807, 2.05) is 43.0 Å². The topological polar surface area (TPSA) is 58.8 Å². The van der Waals surface area contributed by atoms with Gasteiger partial charge in [0, 0.05) is 43.3 Å². The second kappa shape index (κ2) is 7.50.